The second-order valence-electron chi connectivity index (χ2n) is 7.16. The molecule has 1 aromatic carbocycles. The van der Waals surface area contributed by atoms with Crippen molar-refractivity contribution in [3.63, 3.8) is 0 Å². The van der Waals surface area contributed by atoms with Gasteiger partial charge in [-0.05, 0) is 39.0 Å². The van der Waals surface area contributed by atoms with E-state index in [4.69, 9.17) is 4.42 Å². The number of sulfone groups is 1. The van der Waals surface area contributed by atoms with Crippen molar-refractivity contribution in [2.24, 2.45) is 5.10 Å². The second kappa shape index (κ2) is 6.97. The van der Waals surface area contributed by atoms with Crippen LogP contribution in [0.1, 0.15) is 38.6 Å². The largest absolute Gasteiger partial charge is 0.608 e. The molecule has 2 aromatic rings. The molecule has 2 unspecified atom stereocenters. The molecule has 0 N–H and O–H groups in total. The molecule has 0 saturated heterocycles. The Morgan fingerprint density at radius 1 is 1.36 bits per heavy atom. The molecule has 1 aliphatic rings. The van der Waals surface area contributed by atoms with Crippen LogP contribution in [0.5, 0.6) is 0 Å². The molecule has 2 heterocycles. The van der Waals surface area contributed by atoms with Crippen LogP contribution in [0.2, 0.25) is 0 Å². The van der Waals surface area contributed by atoms with E-state index in [1.54, 1.807) is 12.1 Å². The van der Waals surface area contributed by atoms with Crippen LogP contribution in [0.4, 0.5) is 0 Å². The molecule has 0 aliphatic carbocycles. The normalized spacial score (nSPS) is 20.5. The van der Waals surface area contributed by atoms with E-state index in [9.17, 15) is 22.6 Å². The van der Waals surface area contributed by atoms with Crippen molar-refractivity contribution in [1.82, 2.24) is 5.01 Å². The Balaban J connectivity index is 2.20. The second-order valence-corrected chi connectivity index (χ2v) is 12.4. The van der Waals surface area contributed by atoms with Gasteiger partial charge in [-0.15, -0.1) is 5.10 Å². The summed E-state index contributed by atoms with van der Waals surface area (Å²) in [5.74, 6) is -0.647. The fourth-order valence-electron chi connectivity index (χ4n) is 2.56. The highest BCUT2D eigenvalue weighted by atomic mass is 79.9. The number of carbonyl (C=O) groups excluding carboxylic acids is 1. The molecule has 0 radical (unpaired) electrons. The predicted octanol–water partition coefficient (Wildman–Crippen LogP) is 2.65. The van der Waals surface area contributed by atoms with Crippen molar-refractivity contribution in [3.05, 3.63) is 44.7 Å². The van der Waals surface area contributed by atoms with Crippen LogP contribution in [-0.2, 0) is 25.8 Å². The van der Waals surface area contributed by atoms with Gasteiger partial charge in [0.15, 0.2) is 0 Å². The van der Waals surface area contributed by atoms with Crippen molar-refractivity contribution in [2.75, 3.05) is 0 Å². The molecular weight excluding hydrogens is 472 g/mol. The van der Waals surface area contributed by atoms with Gasteiger partial charge in [0.05, 0.1) is 21.3 Å². The maximum absolute atomic E-state index is 13.1. The highest BCUT2D eigenvalue weighted by Crippen LogP contribution is 2.37. The van der Waals surface area contributed by atoms with E-state index in [0.29, 0.717) is 10.1 Å². The average molecular weight is 489 g/mol. The first-order valence-corrected chi connectivity index (χ1v) is 11.6. The van der Waals surface area contributed by atoms with Crippen molar-refractivity contribution >= 4 is 58.2 Å². The quantitative estimate of drug-likeness (QED) is 0.568. The number of amides is 1. The molecular formula is C17H17BrN2O6S2. The molecule has 1 amide bonds. The third-order valence-electron chi connectivity index (χ3n) is 4.17. The number of hydrogen-bond donors (Lipinski definition) is 0. The standard InChI is InChI=1S/C17H17BrN2O6S2/c1-9(21)20-15(27(23)16(19-20)28(24,25)17(2,3)4)12-8-26-13-6-5-10(18)7-11(13)14(12)22/h5-8,15H,1-4H3. The van der Waals surface area contributed by atoms with Crippen molar-refractivity contribution in [2.45, 2.75) is 37.8 Å². The van der Waals surface area contributed by atoms with Crippen molar-refractivity contribution in [3.8, 4) is 0 Å². The van der Waals surface area contributed by atoms with E-state index < -0.39 is 46.8 Å². The summed E-state index contributed by atoms with van der Waals surface area (Å²) in [6.07, 6.45) is 1.10. The first-order chi connectivity index (χ1) is 12.9. The molecule has 1 aromatic heterocycles. The Bertz CT molecular complexity index is 1170. The van der Waals surface area contributed by atoms with Crippen LogP contribution >= 0.6 is 15.9 Å². The lowest BCUT2D eigenvalue weighted by Gasteiger charge is -2.21. The lowest BCUT2D eigenvalue weighted by atomic mass is 10.1. The number of hydrazone groups is 1. The monoisotopic (exact) mass is 488 g/mol. The Labute approximate surface area is 172 Å². The molecule has 150 valence electrons. The van der Waals surface area contributed by atoms with E-state index >= 15 is 0 Å². The van der Waals surface area contributed by atoms with Crippen LogP contribution in [0.15, 0.2) is 43.2 Å². The number of fused-ring (bicyclic) bond motifs is 1. The first kappa shape index (κ1) is 21.0. The smallest absolute Gasteiger partial charge is 0.357 e. The number of rotatable bonds is 1. The molecule has 1 aliphatic heterocycles. The Hall–Kier alpha value is -1.69. The van der Waals surface area contributed by atoms with Gasteiger partial charge in [-0.3, -0.25) is 9.59 Å². The zero-order chi connectivity index (χ0) is 21.0. The summed E-state index contributed by atoms with van der Waals surface area (Å²) in [5, 5.41) is 3.42. The van der Waals surface area contributed by atoms with Crippen LogP contribution < -0.4 is 5.43 Å². The summed E-state index contributed by atoms with van der Waals surface area (Å²) in [6.45, 7) is 5.47. The molecule has 2 atom stereocenters. The molecule has 11 heteroatoms. The van der Waals surface area contributed by atoms with Gasteiger partial charge in [0, 0.05) is 11.4 Å². The molecule has 28 heavy (non-hydrogen) atoms. The summed E-state index contributed by atoms with van der Waals surface area (Å²) >= 11 is 0.993. The molecule has 0 saturated carbocycles. The zero-order valence-electron chi connectivity index (χ0n) is 15.4. The van der Waals surface area contributed by atoms with Crippen molar-refractivity contribution < 1.29 is 22.2 Å². The third-order valence-corrected chi connectivity index (χ3v) is 9.26. The fourth-order valence-corrected chi connectivity index (χ4v) is 6.66. The molecule has 8 nitrogen and oxygen atoms in total. The highest BCUT2D eigenvalue weighted by Gasteiger charge is 2.54. The SMILES string of the molecule is CC(=O)N1N=C(S(=O)(=O)C(C)(C)C)[S+]([O-])C1c1coc2ccc(Br)cc2c1=O. The molecule has 0 spiro atoms. The lowest BCUT2D eigenvalue weighted by Crippen LogP contribution is -2.38. The highest BCUT2D eigenvalue weighted by molar-refractivity contribution is 9.10. The van der Waals surface area contributed by atoms with Gasteiger partial charge < -0.3 is 8.97 Å². The Kier molecular flexibility index (Phi) is 5.24. The number of nitrogens with zero attached hydrogens (tertiary/aromatic N) is 2. The fraction of sp³-hybridized carbons (Fsp3) is 0.353. The molecule has 0 fully saturated rings. The lowest BCUT2D eigenvalue weighted by molar-refractivity contribution is -0.129. The van der Waals surface area contributed by atoms with Gasteiger partial charge in [0.25, 0.3) is 5.37 Å². The van der Waals surface area contributed by atoms with Crippen LogP contribution in [-0.4, -0.2) is 33.0 Å². The van der Waals surface area contributed by atoms with E-state index in [1.807, 2.05) is 0 Å². The average Bonchev–Trinajstić information content (AvgIpc) is 2.93. The third kappa shape index (κ3) is 3.30. The van der Waals surface area contributed by atoms with Gasteiger partial charge >= 0.3 is 4.38 Å². The number of hydrogen-bond acceptors (Lipinski definition) is 7. The van der Waals surface area contributed by atoms with E-state index in [2.05, 4.69) is 21.0 Å². The van der Waals surface area contributed by atoms with E-state index in [1.165, 1.54) is 26.8 Å². The van der Waals surface area contributed by atoms with Gasteiger partial charge in [-0.25, -0.2) is 8.42 Å². The van der Waals surface area contributed by atoms with Crippen LogP contribution in [0, 0.1) is 0 Å². The minimum Gasteiger partial charge on any atom is -0.608 e. The van der Waals surface area contributed by atoms with Gasteiger partial charge in [-0.1, -0.05) is 15.9 Å². The number of halogens is 1. The van der Waals surface area contributed by atoms with Gasteiger partial charge in [0.2, 0.25) is 21.2 Å². The molecule has 3 rings (SSSR count). The van der Waals surface area contributed by atoms with Crippen LogP contribution in [0.3, 0.4) is 0 Å². The summed E-state index contributed by atoms with van der Waals surface area (Å²) < 4.78 is 42.8. The number of carbonyl (C=O) groups is 1. The van der Waals surface area contributed by atoms with Crippen molar-refractivity contribution in [1.29, 1.82) is 0 Å². The van der Waals surface area contributed by atoms with E-state index in [0.717, 1.165) is 18.2 Å². The Morgan fingerprint density at radius 3 is 2.57 bits per heavy atom. The summed E-state index contributed by atoms with van der Waals surface area (Å²) in [5.41, 5.74) is -0.322. The van der Waals surface area contributed by atoms with Gasteiger partial charge in [0.1, 0.15) is 17.4 Å². The first-order valence-electron chi connectivity index (χ1n) is 8.11. The summed E-state index contributed by atoms with van der Waals surface area (Å²) in [7, 11) is -4.08. The minimum absolute atomic E-state index is 0.109. The summed E-state index contributed by atoms with van der Waals surface area (Å²) in [4.78, 5) is 25.1. The number of benzene rings is 1. The summed E-state index contributed by atoms with van der Waals surface area (Å²) in [6, 6.07) is 4.82. The zero-order valence-corrected chi connectivity index (χ0v) is 18.6. The predicted molar refractivity (Wildman–Crippen MR) is 110 cm³/mol. The maximum Gasteiger partial charge on any atom is 0.357 e. The van der Waals surface area contributed by atoms with Crippen LogP contribution in [0.25, 0.3) is 11.0 Å². The molecule has 0 bridgehead atoms. The van der Waals surface area contributed by atoms with Gasteiger partial charge in [-0.2, -0.15) is 5.01 Å². The minimum atomic E-state index is -4.08. The maximum atomic E-state index is 13.1. The topological polar surface area (TPSA) is 120 Å². The van der Waals surface area contributed by atoms with E-state index in [-0.39, 0.29) is 10.9 Å². The Morgan fingerprint density at radius 2 is 2.00 bits per heavy atom.